The molecule has 0 atom stereocenters. The fourth-order valence-corrected chi connectivity index (χ4v) is 2.17. The van der Waals surface area contributed by atoms with Gasteiger partial charge in [0.25, 0.3) is 6.01 Å². The lowest BCUT2D eigenvalue weighted by molar-refractivity contribution is 0.466. The third-order valence-electron chi connectivity index (χ3n) is 3.11. The van der Waals surface area contributed by atoms with E-state index in [-0.39, 0.29) is 17.3 Å². The third-order valence-corrected chi connectivity index (χ3v) is 3.52. The number of nitrogens with one attached hydrogen (secondary N) is 1. The summed E-state index contributed by atoms with van der Waals surface area (Å²) in [6.07, 6.45) is 0. The van der Waals surface area contributed by atoms with Gasteiger partial charge in [0.15, 0.2) is 11.3 Å². The number of benzene rings is 2. The molecule has 3 rings (SSSR count). The lowest BCUT2D eigenvalue weighted by Gasteiger charge is -2.06. The summed E-state index contributed by atoms with van der Waals surface area (Å²) in [5.74, 6) is -0.118. The maximum Gasteiger partial charge on any atom is 0.300 e. The van der Waals surface area contributed by atoms with Crippen molar-refractivity contribution in [2.45, 2.75) is 6.92 Å². The van der Waals surface area contributed by atoms with Crippen molar-refractivity contribution in [3.63, 3.8) is 0 Å². The summed E-state index contributed by atoms with van der Waals surface area (Å²) in [5, 5.41) is 22.3. The Morgan fingerprint density at radius 3 is 2.95 bits per heavy atom. The molecule has 21 heavy (non-hydrogen) atoms. The number of fused-ring (bicyclic) bond motifs is 1. The number of aromatic hydroxyl groups is 1. The Kier molecular flexibility index (Phi) is 3.16. The van der Waals surface area contributed by atoms with Crippen molar-refractivity contribution in [3.8, 4) is 11.8 Å². The van der Waals surface area contributed by atoms with Gasteiger partial charge in [-0.3, -0.25) is 0 Å². The first-order valence-corrected chi connectivity index (χ1v) is 6.52. The highest BCUT2D eigenvalue weighted by molar-refractivity contribution is 6.31. The Morgan fingerprint density at radius 2 is 2.19 bits per heavy atom. The summed E-state index contributed by atoms with van der Waals surface area (Å²) in [6.45, 7) is 1.87. The largest absolute Gasteiger partial charge is 0.504 e. The van der Waals surface area contributed by atoms with Gasteiger partial charge in [-0.05, 0) is 30.7 Å². The number of hydrogen-bond acceptors (Lipinski definition) is 5. The van der Waals surface area contributed by atoms with Crippen molar-refractivity contribution < 1.29 is 9.52 Å². The van der Waals surface area contributed by atoms with Crippen molar-refractivity contribution in [2.75, 3.05) is 5.32 Å². The number of nitrogens with zero attached hydrogens (tertiary/aromatic N) is 2. The van der Waals surface area contributed by atoms with Crippen LogP contribution >= 0.6 is 11.6 Å². The van der Waals surface area contributed by atoms with E-state index in [0.29, 0.717) is 16.1 Å². The standard InChI is InChI=1S/C15H10ClN3O2/c1-8-10(16)3-2-4-11(8)18-15-19-12-5-9(7-17)6-13(20)14(12)21-15/h2-6,20H,1H3,(H,18,19). The topological polar surface area (TPSA) is 82.1 Å². The first-order valence-electron chi connectivity index (χ1n) is 6.14. The van der Waals surface area contributed by atoms with Crippen LogP contribution in [0.25, 0.3) is 11.1 Å². The minimum absolute atomic E-state index is 0.118. The van der Waals surface area contributed by atoms with Crippen LogP contribution in [-0.4, -0.2) is 10.1 Å². The summed E-state index contributed by atoms with van der Waals surface area (Å²) in [6, 6.07) is 10.5. The lowest BCUT2D eigenvalue weighted by Crippen LogP contribution is -1.93. The summed E-state index contributed by atoms with van der Waals surface area (Å²) in [5.41, 5.74) is 2.58. The molecule has 0 unspecified atom stereocenters. The quantitative estimate of drug-likeness (QED) is 0.744. The molecular weight excluding hydrogens is 290 g/mol. The Bertz CT molecular complexity index is 880. The zero-order valence-corrected chi connectivity index (χ0v) is 11.8. The van der Waals surface area contributed by atoms with Gasteiger partial charge in [-0.2, -0.15) is 10.2 Å². The van der Waals surface area contributed by atoms with Crippen LogP contribution in [0, 0.1) is 18.3 Å². The molecule has 0 aliphatic carbocycles. The molecule has 2 N–H and O–H groups in total. The Labute approximate surface area is 125 Å². The number of phenolic OH excluding ortho intramolecular Hbond substituents is 1. The molecule has 6 heteroatoms. The van der Waals surface area contributed by atoms with Crippen molar-refractivity contribution in [3.05, 3.63) is 46.5 Å². The average Bonchev–Trinajstić information content (AvgIpc) is 2.87. The highest BCUT2D eigenvalue weighted by Gasteiger charge is 2.12. The normalized spacial score (nSPS) is 10.5. The first kappa shape index (κ1) is 13.3. The molecule has 0 saturated heterocycles. The third kappa shape index (κ3) is 2.37. The fraction of sp³-hybridized carbons (Fsp3) is 0.0667. The van der Waals surface area contributed by atoms with E-state index in [1.165, 1.54) is 6.07 Å². The summed E-state index contributed by atoms with van der Waals surface area (Å²) in [7, 11) is 0. The molecule has 104 valence electrons. The molecule has 0 aliphatic rings. The molecule has 3 aromatic rings. The number of rotatable bonds is 2. The van der Waals surface area contributed by atoms with Crippen LogP contribution in [0.1, 0.15) is 11.1 Å². The molecule has 1 heterocycles. The second-order valence-corrected chi connectivity index (χ2v) is 4.92. The van der Waals surface area contributed by atoms with E-state index in [1.54, 1.807) is 12.1 Å². The number of nitriles is 1. The molecule has 0 bridgehead atoms. The molecule has 0 radical (unpaired) electrons. The highest BCUT2D eigenvalue weighted by Crippen LogP contribution is 2.31. The number of anilines is 2. The number of halogens is 1. The van der Waals surface area contributed by atoms with Crippen LogP contribution in [0.3, 0.4) is 0 Å². The van der Waals surface area contributed by atoms with Gasteiger partial charge in [0, 0.05) is 16.8 Å². The highest BCUT2D eigenvalue weighted by atomic mass is 35.5. The van der Waals surface area contributed by atoms with Gasteiger partial charge in [0.2, 0.25) is 0 Å². The van der Waals surface area contributed by atoms with Gasteiger partial charge < -0.3 is 14.8 Å². The number of hydrogen-bond donors (Lipinski definition) is 2. The lowest BCUT2D eigenvalue weighted by atomic mass is 10.2. The minimum atomic E-state index is -0.118. The Hall–Kier alpha value is -2.71. The number of aromatic nitrogens is 1. The molecule has 0 spiro atoms. The summed E-state index contributed by atoms with van der Waals surface area (Å²) in [4.78, 5) is 4.22. The molecular formula is C15H10ClN3O2. The molecule has 5 nitrogen and oxygen atoms in total. The molecule has 1 aromatic heterocycles. The van der Waals surface area contributed by atoms with Gasteiger partial charge in [0.1, 0.15) is 5.52 Å². The van der Waals surface area contributed by atoms with E-state index in [4.69, 9.17) is 21.3 Å². The van der Waals surface area contributed by atoms with E-state index in [9.17, 15) is 5.11 Å². The monoisotopic (exact) mass is 299 g/mol. The Morgan fingerprint density at radius 1 is 1.38 bits per heavy atom. The van der Waals surface area contributed by atoms with Crippen molar-refractivity contribution in [1.29, 1.82) is 5.26 Å². The van der Waals surface area contributed by atoms with Crippen molar-refractivity contribution in [2.24, 2.45) is 0 Å². The van der Waals surface area contributed by atoms with Crippen molar-refractivity contribution in [1.82, 2.24) is 4.98 Å². The van der Waals surface area contributed by atoms with E-state index in [0.717, 1.165) is 11.3 Å². The average molecular weight is 300 g/mol. The minimum Gasteiger partial charge on any atom is -0.504 e. The second-order valence-electron chi connectivity index (χ2n) is 4.51. The summed E-state index contributed by atoms with van der Waals surface area (Å²) >= 11 is 6.06. The summed E-state index contributed by atoms with van der Waals surface area (Å²) < 4.78 is 5.47. The molecule has 2 aromatic carbocycles. The predicted molar refractivity (Wildman–Crippen MR) is 79.9 cm³/mol. The molecule has 0 fully saturated rings. The van der Waals surface area contributed by atoms with Crippen LogP contribution < -0.4 is 5.32 Å². The zero-order valence-electron chi connectivity index (χ0n) is 11.0. The van der Waals surface area contributed by atoms with E-state index in [2.05, 4.69) is 10.3 Å². The number of oxazole rings is 1. The van der Waals surface area contributed by atoms with Gasteiger partial charge in [-0.1, -0.05) is 17.7 Å². The van der Waals surface area contributed by atoms with E-state index in [1.807, 2.05) is 25.1 Å². The zero-order chi connectivity index (χ0) is 15.0. The van der Waals surface area contributed by atoms with E-state index < -0.39 is 0 Å². The molecule has 0 amide bonds. The SMILES string of the molecule is Cc1c(Cl)cccc1Nc1nc2cc(C#N)cc(O)c2o1. The molecule has 0 saturated carbocycles. The maximum absolute atomic E-state index is 9.83. The fourth-order valence-electron chi connectivity index (χ4n) is 1.99. The maximum atomic E-state index is 9.83. The van der Waals surface area contributed by atoms with Crippen LogP contribution in [0.15, 0.2) is 34.7 Å². The number of phenols is 1. The van der Waals surface area contributed by atoms with Crippen LogP contribution in [0.2, 0.25) is 5.02 Å². The van der Waals surface area contributed by atoms with Crippen LogP contribution in [0.4, 0.5) is 11.7 Å². The van der Waals surface area contributed by atoms with Gasteiger partial charge in [-0.15, -0.1) is 0 Å². The van der Waals surface area contributed by atoms with E-state index >= 15 is 0 Å². The smallest absolute Gasteiger partial charge is 0.300 e. The van der Waals surface area contributed by atoms with Gasteiger partial charge in [0.05, 0.1) is 11.6 Å². The van der Waals surface area contributed by atoms with Crippen molar-refractivity contribution >= 4 is 34.4 Å². The van der Waals surface area contributed by atoms with Crippen LogP contribution in [-0.2, 0) is 0 Å². The van der Waals surface area contributed by atoms with Gasteiger partial charge >= 0.3 is 0 Å². The molecule has 0 aliphatic heterocycles. The van der Waals surface area contributed by atoms with Crippen LogP contribution in [0.5, 0.6) is 5.75 Å². The Balaban J connectivity index is 2.04. The van der Waals surface area contributed by atoms with Gasteiger partial charge in [-0.25, -0.2) is 0 Å². The first-order chi connectivity index (χ1) is 10.1. The second kappa shape index (κ2) is 5.00. The predicted octanol–water partition coefficient (Wildman–Crippen LogP) is 4.11.